The molecule has 0 radical (unpaired) electrons. The number of urea groups is 1. The Bertz CT molecular complexity index is 448. The van der Waals surface area contributed by atoms with Gasteiger partial charge in [0.2, 0.25) is 0 Å². The number of hydrogen-bond acceptors (Lipinski definition) is 4. The number of benzene rings is 1. The summed E-state index contributed by atoms with van der Waals surface area (Å²) in [4.78, 5) is 24.3. The van der Waals surface area contributed by atoms with Crippen molar-refractivity contribution in [1.82, 2.24) is 5.32 Å². The molecule has 0 fully saturated rings. The van der Waals surface area contributed by atoms with Gasteiger partial charge in [0.15, 0.2) is 0 Å². The van der Waals surface area contributed by atoms with Crippen molar-refractivity contribution in [3.63, 3.8) is 0 Å². The summed E-state index contributed by atoms with van der Waals surface area (Å²) in [7, 11) is 3.16. The lowest BCUT2D eigenvalue weighted by molar-refractivity contribution is -0.141. The van der Waals surface area contributed by atoms with Gasteiger partial charge in [-0.1, -0.05) is 6.07 Å². The lowest BCUT2D eigenvalue weighted by Crippen LogP contribution is -2.40. The number of amides is 2. The number of rotatable bonds is 5. The monoisotopic (exact) mass is 266 g/mol. The quantitative estimate of drug-likeness (QED) is 0.818. The van der Waals surface area contributed by atoms with Crippen LogP contribution in [0.1, 0.15) is 6.92 Å². The molecular formula is C13H18N2O4. The van der Waals surface area contributed by atoms with Crippen LogP contribution in [0.2, 0.25) is 0 Å². The topological polar surface area (TPSA) is 67.9 Å². The average molecular weight is 266 g/mol. The van der Waals surface area contributed by atoms with E-state index in [1.807, 2.05) is 0 Å². The SMILES string of the molecule is CCOC(=O)CNC(=O)N(C)c1cccc(OC)c1. The number of esters is 1. The van der Waals surface area contributed by atoms with Crippen molar-refractivity contribution in [3.8, 4) is 5.75 Å². The number of hydrogen-bond donors (Lipinski definition) is 1. The molecule has 0 spiro atoms. The summed E-state index contributed by atoms with van der Waals surface area (Å²) in [6.45, 7) is 1.85. The van der Waals surface area contributed by atoms with Crippen LogP contribution < -0.4 is 15.0 Å². The molecule has 2 amide bonds. The van der Waals surface area contributed by atoms with Crippen LogP contribution in [0, 0.1) is 0 Å². The number of nitrogens with zero attached hydrogens (tertiary/aromatic N) is 1. The maximum absolute atomic E-state index is 11.8. The summed E-state index contributed by atoms with van der Waals surface area (Å²) in [6, 6.07) is 6.68. The molecule has 104 valence electrons. The highest BCUT2D eigenvalue weighted by Crippen LogP contribution is 2.19. The molecule has 0 saturated heterocycles. The minimum Gasteiger partial charge on any atom is -0.497 e. The van der Waals surface area contributed by atoms with E-state index in [2.05, 4.69) is 5.32 Å². The van der Waals surface area contributed by atoms with E-state index in [0.29, 0.717) is 18.0 Å². The normalized spacial score (nSPS) is 9.63. The predicted octanol–water partition coefficient (Wildman–Crippen LogP) is 1.40. The molecule has 0 bridgehead atoms. The Kier molecular flexibility index (Phi) is 5.66. The zero-order valence-corrected chi connectivity index (χ0v) is 11.3. The van der Waals surface area contributed by atoms with E-state index >= 15 is 0 Å². The third kappa shape index (κ3) is 4.50. The van der Waals surface area contributed by atoms with Crippen molar-refractivity contribution in [2.75, 3.05) is 32.2 Å². The molecule has 0 aliphatic carbocycles. The second-order valence-corrected chi connectivity index (χ2v) is 3.72. The number of carbonyl (C=O) groups excluding carboxylic acids is 2. The first kappa shape index (κ1) is 14.8. The van der Waals surface area contributed by atoms with Crippen molar-refractivity contribution in [3.05, 3.63) is 24.3 Å². The van der Waals surface area contributed by atoms with E-state index in [1.54, 1.807) is 45.3 Å². The van der Waals surface area contributed by atoms with E-state index in [4.69, 9.17) is 9.47 Å². The van der Waals surface area contributed by atoms with Crippen LogP contribution in [0.5, 0.6) is 5.75 Å². The fourth-order valence-corrected chi connectivity index (χ4v) is 1.41. The Morgan fingerprint density at radius 2 is 2.11 bits per heavy atom. The second-order valence-electron chi connectivity index (χ2n) is 3.72. The average Bonchev–Trinajstić information content (AvgIpc) is 2.44. The first-order chi connectivity index (χ1) is 9.08. The fraction of sp³-hybridized carbons (Fsp3) is 0.385. The number of ether oxygens (including phenoxy) is 2. The fourth-order valence-electron chi connectivity index (χ4n) is 1.41. The van der Waals surface area contributed by atoms with Gasteiger partial charge in [0.05, 0.1) is 13.7 Å². The Morgan fingerprint density at radius 1 is 1.37 bits per heavy atom. The third-order valence-electron chi connectivity index (χ3n) is 2.43. The lowest BCUT2D eigenvalue weighted by atomic mass is 10.3. The van der Waals surface area contributed by atoms with Gasteiger partial charge in [-0.2, -0.15) is 0 Å². The van der Waals surface area contributed by atoms with Gasteiger partial charge in [-0.05, 0) is 19.1 Å². The third-order valence-corrected chi connectivity index (χ3v) is 2.43. The van der Waals surface area contributed by atoms with Crippen LogP contribution in [-0.2, 0) is 9.53 Å². The molecule has 1 rings (SSSR count). The van der Waals surface area contributed by atoms with Crippen LogP contribution in [0.15, 0.2) is 24.3 Å². The molecule has 0 atom stereocenters. The number of carbonyl (C=O) groups is 2. The van der Waals surface area contributed by atoms with Gasteiger partial charge >= 0.3 is 12.0 Å². The molecule has 0 aliphatic rings. The Hall–Kier alpha value is -2.24. The molecule has 0 aliphatic heterocycles. The van der Waals surface area contributed by atoms with Crippen molar-refractivity contribution in [2.45, 2.75) is 6.92 Å². The molecule has 1 aromatic rings. The largest absolute Gasteiger partial charge is 0.497 e. The van der Waals surface area contributed by atoms with Gasteiger partial charge in [-0.3, -0.25) is 9.69 Å². The highest BCUT2D eigenvalue weighted by Gasteiger charge is 2.12. The smallest absolute Gasteiger partial charge is 0.325 e. The number of nitrogens with one attached hydrogen (secondary N) is 1. The van der Waals surface area contributed by atoms with E-state index < -0.39 is 5.97 Å². The number of methoxy groups -OCH3 is 1. The maximum atomic E-state index is 11.8. The van der Waals surface area contributed by atoms with E-state index in [9.17, 15) is 9.59 Å². The zero-order valence-electron chi connectivity index (χ0n) is 11.3. The van der Waals surface area contributed by atoms with Crippen LogP contribution in [0.25, 0.3) is 0 Å². The Morgan fingerprint density at radius 3 is 2.74 bits per heavy atom. The first-order valence-corrected chi connectivity index (χ1v) is 5.89. The minimum absolute atomic E-state index is 0.152. The molecule has 6 nitrogen and oxygen atoms in total. The molecule has 0 saturated carbocycles. The van der Waals surface area contributed by atoms with Crippen molar-refractivity contribution in [1.29, 1.82) is 0 Å². The molecule has 0 unspecified atom stereocenters. The maximum Gasteiger partial charge on any atom is 0.325 e. The summed E-state index contributed by atoms with van der Waals surface area (Å²) in [5.41, 5.74) is 0.667. The standard InChI is InChI=1S/C13H18N2O4/c1-4-19-12(16)9-14-13(17)15(2)10-6-5-7-11(8-10)18-3/h5-8H,4,9H2,1-3H3,(H,14,17). The van der Waals surface area contributed by atoms with Crippen molar-refractivity contribution in [2.24, 2.45) is 0 Å². The van der Waals surface area contributed by atoms with Gasteiger partial charge in [0.1, 0.15) is 12.3 Å². The van der Waals surface area contributed by atoms with Crippen LogP contribution >= 0.6 is 0 Å². The molecule has 1 aromatic carbocycles. The molecule has 6 heteroatoms. The highest BCUT2D eigenvalue weighted by atomic mass is 16.5. The summed E-state index contributed by atoms with van der Waals surface area (Å²) < 4.78 is 9.80. The summed E-state index contributed by atoms with van der Waals surface area (Å²) in [6.07, 6.45) is 0. The van der Waals surface area contributed by atoms with Crippen LogP contribution in [0.3, 0.4) is 0 Å². The molecule has 19 heavy (non-hydrogen) atoms. The Labute approximate surface area is 112 Å². The van der Waals surface area contributed by atoms with Gasteiger partial charge in [-0.25, -0.2) is 4.79 Å². The predicted molar refractivity (Wildman–Crippen MR) is 71.4 cm³/mol. The molecule has 1 N–H and O–H groups in total. The van der Waals surface area contributed by atoms with Crippen LogP contribution in [0.4, 0.5) is 10.5 Å². The van der Waals surface area contributed by atoms with Gasteiger partial charge in [0.25, 0.3) is 0 Å². The summed E-state index contributed by atoms with van der Waals surface area (Å²) in [5, 5.41) is 2.47. The zero-order chi connectivity index (χ0) is 14.3. The number of anilines is 1. The van der Waals surface area contributed by atoms with E-state index in [0.717, 1.165) is 0 Å². The lowest BCUT2D eigenvalue weighted by Gasteiger charge is -2.18. The van der Waals surface area contributed by atoms with Crippen molar-refractivity contribution >= 4 is 17.7 Å². The van der Waals surface area contributed by atoms with Gasteiger partial charge in [0, 0.05) is 18.8 Å². The highest BCUT2D eigenvalue weighted by molar-refractivity contribution is 5.93. The molecule has 0 heterocycles. The van der Waals surface area contributed by atoms with Gasteiger partial charge in [-0.15, -0.1) is 0 Å². The molecule has 0 aromatic heterocycles. The van der Waals surface area contributed by atoms with E-state index in [1.165, 1.54) is 4.90 Å². The molecular weight excluding hydrogens is 248 g/mol. The Balaban J connectivity index is 2.58. The first-order valence-electron chi connectivity index (χ1n) is 5.89. The van der Waals surface area contributed by atoms with E-state index in [-0.39, 0.29) is 12.6 Å². The van der Waals surface area contributed by atoms with Crippen LogP contribution in [-0.4, -0.2) is 39.3 Å². The van der Waals surface area contributed by atoms with Gasteiger partial charge < -0.3 is 14.8 Å². The second kappa shape index (κ2) is 7.25. The summed E-state index contributed by atoms with van der Waals surface area (Å²) >= 11 is 0. The van der Waals surface area contributed by atoms with Crippen molar-refractivity contribution < 1.29 is 19.1 Å². The summed E-state index contributed by atoms with van der Waals surface area (Å²) in [5.74, 6) is 0.192. The minimum atomic E-state index is -0.463.